The molecule has 1 saturated heterocycles. The number of aromatic nitrogens is 3. The van der Waals surface area contributed by atoms with Crippen molar-refractivity contribution in [2.75, 3.05) is 13.1 Å². The number of Topliss-reactive ketones (excluding diaryl/α,β-unsaturated/α-hetero) is 1. The van der Waals surface area contributed by atoms with E-state index in [0.717, 1.165) is 18.4 Å². The third-order valence-corrected chi connectivity index (χ3v) is 5.19. The second-order valence-corrected chi connectivity index (χ2v) is 7.08. The van der Waals surface area contributed by atoms with Crippen molar-refractivity contribution in [2.45, 2.75) is 19.3 Å². The van der Waals surface area contributed by atoms with Crippen molar-refractivity contribution in [3.63, 3.8) is 0 Å². The summed E-state index contributed by atoms with van der Waals surface area (Å²) in [6, 6.07) is 17.1. The van der Waals surface area contributed by atoms with Crippen LogP contribution in [-0.2, 0) is 11.2 Å². The number of nitrogens with zero attached hydrogens (tertiary/aromatic N) is 4. The quantitative estimate of drug-likeness (QED) is 0.689. The Morgan fingerprint density at radius 1 is 1.04 bits per heavy atom. The van der Waals surface area contributed by atoms with Crippen LogP contribution in [0.2, 0.25) is 0 Å². The van der Waals surface area contributed by atoms with Crippen LogP contribution in [0, 0.1) is 5.92 Å². The van der Waals surface area contributed by atoms with Crippen LogP contribution >= 0.6 is 0 Å². The third-order valence-electron chi connectivity index (χ3n) is 5.19. The summed E-state index contributed by atoms with van der Waals surface area (Å²) < 4.78 is 1.59. The number of hydrogen-bond donors (Lipinski definition) is 0. The monoisotopic (exact) mass is 374 g/mol. The first-order valence-electron chi connectivity index (χ1n) is 9.52. The minimum atomic E-state index is -0.114. The largest absolute Gasteiger partial charge is 0.338 e. The highest BCUT2D eigenvalue weighted by atomic mass is 16.2. The maximum absolute atomic E-state index is 13.2. The molecule has 0 aliphatic carbocycles. The molecule has 28 heavy (non-hydrogen) atoms. The summed E-state index contributed by atoms with van der Waals surface area (Å²) in [5.41, 5.74) is 2.29. The molecular weight excluding hydrogens is 352 g/mol. The average Bonchev–Trinajstić information content (AvgIpc) is 3.29. The van der Waals surface area contributed by atoms with Crippen LogP contribution in [0.3, 0.4) is 0 Å². The number of amides is 1. The highest BCUT2D eigenvalue weighted by molar-refractivity contribution is 5.98. The van der Waals surface area contributed by atoms with Gasteiger partial charge in [-0.15, -0.1) is 0 Å². The molecule has 1 aliphatic heterocycles. The zero-order chi connectivity index (χ0) is 19.3. The lowest BCUT2D eigenvalue weighted by molar-refractivity contribution is -0.123. The molecule has 3 aromatic rings. The van der Waals surface area contributed by atoms with Crippen molar-refractivity contribution in [1.29, 1.82) is 0 Å². The topological polar surface area (TPSA) is 68.1 Å². The van der Waals surface area contributed by atoms with Gasteiger partial charge in [0.05, 0.1) is 11.3 Å². The Balaban J connectivity index is 1.49. The maximum Gasteiger partial charge on any atom is 0.256 e. The van der Waals surface area contributed by atoms with Gasteiger partial charge in [0.15, 0.2) is 0 Å². The van der Waals surface area contributed by atoms with Crippen LogP contribution in [0.5, 0.6) is 0 Å². The molecular formula is C22H22N4O2. The molecule has 2 aromatic carbocycles. The Morgan fingerprint density at radius 2 is 1.82 bits per heavy atom. The Kier molecular flexibility index (Phi) is 5.28. The second kappa shape index (κ2) is 8.17. The fourth-order valence-corrected chi connectivity index (χ4v) is 3.72. The first-order chi connectivity index (χ1) is 13.7. The molecule has 1 aliphatic rings. The predicted octanol–water partition coefficient (Wildman–Crippen LogP) is 2.93. The highest BCUT2D eigenvalue weighted by Gasteiger charge is 2.29. The fraction of sp³-hybridized carbons (Fsp3) is 0.273. The number of likely N-dealkylation sites (tertiary alicyclic amines) is 1. The Labute approximate surface area is 163 Å². The molecule has 0 unspecified atom stereocenters. The molecule has 4 rings (SSSR count). The molecule has 1 atom stereocenters. The van der Waals surface area contributed by atoms with Gasteiger partial charge in [-0.3, -0.25) is 9.59 Å². The van der Waals surface area contributed by atoms with Gasteiger partial charge < -0.3 is 4.90 Å². The molecule has 0 bridgehead atoms. The minimum Gasteiger partial charge on any atom is -0.338 e. The van der Waals surface area contributed by atoms with E-state index in [1.807, 2.05) is 48.5 Å². The number of para-hydroxylation sites is 1. The molecule has 0 N–H and O–H groups in total. The zero-order valence-corrected chi connectivity index (χ0v) is 15.6. The molecule has 142 valence electrons. The molecule has 1 aromatic heterocycles. The molecule has 0 saturated carbocycles. The first-order valence-corrected chi connectivity index (χ1v) is 9.52. The van der Waals surface area contributed by atoms with Gasteiger partial charge in [-0.2, -0.15) is 5.10 Å². The fourth-order valence-electron chi connectivity index (χ4n) is 3.72. The number of piperidine rings is 1. The summed E-state index contributed by atoms with van der Waals surface area (Å²) >= 11 is 0. The lowest BCUT2D eigenvalue weighted by atomic mass is 9.90. The van der Waals surface area contributed by atoms with Gasteiger partial charge in [0.1, 0.15) is 18.4 Å². The van der Waals surface area contributed by atoms with E-state index >= 15 is 0 Å². The average molecular weight is 374 g/mol. The van der Waals surface area contributed by atoms with Crippen molar-refractivity contribution in [1.82, 2.24) is 19.7 Å². The Morgan fingerprint density at radius 3 is 2.61 bits per heavy atom. The van der Waals surface area contributed by atoms with E-state index in [-0.39, 0.29) is 17.6 Å². The number of hydrogen-bond acceptors (Lipinski definition) is 4. The van der Waals surface area contributed by atoms with Crippen LogP contribution in [-0.4, -0.2) is 44.4 Å². The number of benzene rings is 2. The van der Waals surface area contributed by atoms with Crippen molar-refractivity contribution < 1.29 is 9.59 Å². The van der Waals surface area contributed by atoms with Gasteiger partial charge >= 0.3 is 0 Å². The summed E-state index contributed by atoms with van der Waals surface area (Å²) in [5, 5.41) is 4.15. The van der Waals surface area contributed by atoms with Crippen molar-refractivity contribution in [3.8, 4) is 5.69 Å². The van der Waals surface area contributed by atoms with Gasteiger partial charge in [-0.1, -0.05) is 42.5 Å². The standard InChI is InChI=1S/C22H22N4O2/c27-21(13-17-7-2-1-3-8-17)18-9-6-12-25(14-18)22(28)19-10-4-5-11-20(19)26-16-23-15-24-26/h1-5,7-8,10-11,15-16,18H,6,9,12-14H2/t18-/m0/s1. The van der Waals surface area contributed by atoms with E-state index in [1.165, 1.54) is 6.33 Å². The van der Waals surface area contributed by atoms with Gasteiger partial charge in [0, 0.05) is 25.4 Å². The van der Waals surface area contributed by atoms with Crippen LogP contribution < -0.4 is 0 Å². The summed E-state index contributed by atoms with van der Waals surface area (Å²) in [7, 11) is 0. The first kappa shape index (κ1) is 18.1. The van der Waals surface area contributed by atoms with Crippen molar-refractivity contribution in [3.05, 3.63) is 78.4 Å². The zero-order valence-electron chi connectivity index (χ0n) is 15.6. The van der Waals surface area contributed by atoms with Crippen LogP contribution in [0.25, 0.3) is 5.69 Å². The van der Waals surface area contributed by atoms with E-state index < -0.39 is 0 Å². The smallest absolute Gasteiger partial charge is 0.256 e. The third kappa shape index (κ3) is 3.86. The molecule has 1 amide bonds. The van der Waals surface area contributed by atoms with Gasteiger partial charge in [-0.25, -0.2) is 9.67 Å². The Hall–Kier alpha value is -3.28. The van der Waals surface area contributed by atoms with Crippen LogP contribution in [0.15, 0.2) is 67.3 Å². The van der Waals surface area contributed by atoms with E-state index in [9.17, 15) is 9.59 Å². The number of rotatable bonds is 5. The number of carbonyl (C=O) groups excluding carboxylic acids is 2. The summed E-state index contributed by atoms with van der Waals surface area (Å²) in [4.78, 5) is 31.7. The van der Waals surface area contributed by atoms with Crippen molar-refractivity contribution >= 4 is 11.7 Å². The van der Waals surface area contributed by atoms with E-state index in [1.54, 1.807) is 22.0 Å². The highest BCUT2D eigenvalue weighted by Crippen LogP contribution is 2.23. The molecule has 6 heteroatoms. The van der Waals surface area contributed by atoms with Gasteiger partial charge in [0.2, 0.25) is 0 Å². The number of carbonyl (C=O) groups is 2. The summed E-state index contributed by atoms with van der Waals surface area (Å²) in [6.45, 7) is 1.13. The molecule has 1 fully saturated rings. The number of ketones is 1. The van der Waals surface area contributed by atoms with E-state index in [0.29, 0.717) is 30.8 Å². The second-order valence-electron chi connectivity index (χ2n) is 7.08. The lowest BCUT2D eigenvalue weighted by Gasteiger charge is -2.32. The van der Waals surface area contributed by atoms with E-state index in [4.69, 9.17) is 0 Å². The summed E-state index contributed by atoms with van der Waals surface area (Å²) in [6.07, 6.45) is 5.11. The maximum atomic E-state index is 13.2. The molecule has 2 heterocycles. The van der Waals surface area contributed by atoms with Crippen LogP contribution in [0.1, 0.15) is 28.8 Å². The van der Waals surface area contributed by atoms with Crippen molar-refractivity contribution in [2.24, 2.45) is 5.92 Å². The molecule has 0 radical (unpaired) electrons. The normalized spacial score (nSPS) is 16.7. The van der Waals surface area contributed by atoms with Gasteiger partial charge in [0.25, 0.3) is 5.91 Å². The summed E-state index contributed by atoms with van der Waals surface area (Å²) in [5.74, 6) is 0.0213. The SMILES string of the molecule is O=C(Cc1ccccc1)[C@H]1CCCN(C(=O)c2ccccc2-n2cncn2)C1. The Bertz CT molecular complexity index is 954. The molecule has 6 nitrogen and oxygen atoms in total. The predicted molar refractivity (Wildman–Crippen MR) is 105 cm³/mol. The molecule has 0 spiro atoms. The minimum absolute atomic E-state index is 0.0664. The lowest BCUT2D eigenvalue weighted by Crippen LogP contribution is -2.43. The van der Waals surface area contributed by atoms with E-state index in [2.05, 4.69) is 10.1 Å². The van der Waals surface area contributed by atoms with Gasteiger partial charge in [-0.05, 0) is 30.5 Å². The van der Waals surface area contributed by atoms with Crippen LogP contribution in [0.4, 0.5) is 0 Å².